The molecule has 2 amide bonds. The predicted octanol–water partition coefficient (Wildman–Crippen LogP) is 3.31. The van der Waals surface area contributed by atoms with E-state index in [0.29, 0.717) is 36.6 Å². The third kappa shape index (κ3) is 4.55. The van der Waals surface area contributed by atoms with E-state index in [4.69, 9.17) is 11.6 Å². The maximum atomic E-state index is 12.7. The van der Waals surface area contributed by atoms with E-state index in [1.54, 1.807) is 24.3 Å². The highest BCUT2D eigenvalue weighted by Crippen LogP contribution is 2.22. The summed E-state index contributed by atoms with van der Waals surface area (Å²) in [6, 6.07) is 15.0. The fourth-order valence-corrected chi connectivity index (χ4v) is 4.47. The largest absolute Gasteiger partial charge is 0.335 e. The molecule has 0 spiro atoms. The Labute approximate surface area is 158 Å². The number of urea groups is 1. The van der Waals surface area contributed by atoms with Gasteiger partial charge >= 0.3 is 6.03 Å². The van der Waals surface area contributed by atoms with E-state index < -0.39 is 10.0 Å². The number of anilines is 1. The summed E-state index contributed by atoms with van der Waals surface area (Å²) < 4.78 is 26.8. The van der Waals surface area contributed by atoms with Crippen molar-refractivity contribution in [2.75, 3.05) is 18.4 Å². The number of hydrogen-bond acceptors (Lipinski definition) is 3. The Hall–Kier alpha value is -2.09. The predicted molar refractivity (Wildman–Crippen MR) is 102 cm³/mol. The molecule has 0 unspecified atom stereocenters. The second-order valence-electron chi connectivity index (χ2n) is 6.10. The Morgan fingerprint density at radius 2 is 1.62 bits per heavy atom. The van der Waals surface area contributed by atoms with Gasteiger partial charge in [0.15, 0.2) is 0 Å². The lowest BCUT2D eigenvalue weighted by Gasteiger charge is -2.31. The zero-order chi connectivity index (χ0) is 18.6. The van der Waals surface area contributed by atoms with Gasteiger partial charge in [-0.25, -0.2) is 13.2 Å². The average Bonchev–Trinajstić information content (AvgIpc) is 2.63. The molecule has 1 aliphatic rings. The highest BCUT2D eigenvalue weighted by molar-refractivity contribution is 7.89. The van der Waals surface area contributed by atoms with Crippen LogP contribution in [0, 0.1) is 0 Å². The monoisotopic (exact) mass is 393 g/mol. The van der Waals surface area contributed by atoms with Crippen LogP contribution in [0.4, 0.5) is 10.5 Å². The molecule has 2 N–H and O–H groups in total. The molecular weight excluding hydrogens is 374 g/mol. The summed E-state index contributed by atoms with van der Waals surface area (Å²) in [6.45, 7) is 0.725. The van der Waals surface area contributed by atoms with Gasteiger partial charge in [-0.2, -0.15) is 4.31 Å². The molecule has 1 aliphatic heterocycles. The normalized spacial score (nSPS) is 16.2. The molecule has 0 radical (unpaired) electrons. The zero-order valence-corrected chi connectivity index (χ0v) is 15.6. The summed E-state index contributed by atoms with van der Waals surface area (Å²) in [7, 11) is -3.53. The van der Waals surface area contributed by atoms with Crippen LogP contribution in [0.25, 0.3) is 0 Å². The number of piperidine rings is 1. The molecule has 6 nitrogen and oxygen atoms in total. The Morgan fingerprint density at radius 3 is 2.23 bits per heavy atom. The number of hydrogen-bond donors (Lipinski definition) is 2. The van der Waals surface area contributed by atoms with Crippen LogP contribution in [-0.4, -0.2) is 37.9 Å². The minimum absolute atomic E-state index is 0.0598. The van der Waals surface area contributed by atoms with E-state index in [1.165, 1.54) is 16.4 Å². The Morgan fingerprint density at radius 1 is 1.00 bits per heavy atom. The number of benzene rings is 2. The van der Waals surface area contributed by atoms with Crippen molar-refractivity contribution in [2.45, 2.75) is 23.8 Å². The molecule has 3 rings (SSSR count). The molecule has 138 valence electrons. The lowest BCUT2D eigenvalue weighted by Crippen LogP contribution is -2.47. The first kappa shape index (κ1) is 18.7. The van der Waals surface area contributed by atoms with Gasteiger partial charge in [0.2, 0.25) is 10.0 Å². The molecule has 2 aromatic carbocycles. The molecule has 2 aromatic rings. The summed E-state index contributed by atoms with van der Waals surface area (Å²) in [5.74, 6) is 0. The molecule has 0 aliphatic carbocycles. The third-order valence-electron chi connectivity index (χ3n) is 4.27. The molecule has 0 saturated carbocycles. The molecule has 0 bridgehead atoms. The van der Waals surface area contributed by atoms with Gasteiger partial charge in [-0.15, -0.1) is 0 Å². The van der Waals surface area contributed by atoms with Gasteiger partial charge < -0.3 is 10.6 Å². The van der Waals surface area contributed by atoms with E-state index in [0.717, 1.165) is 0 Å². The third-order valence-corrected chi connectivity index (χ3v) is 6.44. The number of carbonyl (C=O) groups excluding carboxylic acids is 1. The number of amides is 2. The first-order chi connectivity index (χ1) is 12.4. The van der Waals surface area contributed by atoms with Gasteiger partial charge in [0, 0.05) is 29.8 Å². The summed E-state index contributed by atoms with van der Waals surface area (Å²) in [5.41, 5.74) is 0.716. The zero-order valence-electron chi connectivity index (χ0n) is 14.1. The van der Waals surface area contributed by atoms with Crippen molar-refractivity contribution in [2.24, 2.45) is 0 Å². The van der Waals surface area contributed by atoms with Crippen LogP contribution in [0.3, 0.4) is 0 Å². The van der Waals surface area contributed by atoms with Crippen LogP contribution < -0.4 is 10.6 Å². The number of nitrogens with one attached hydrogen (secondary N) is 2. The molecule has 1 heterocycles. The Bertz CT molecular complexity index is 849. The van der Waals surface area contributed by atoms with Crippen molar-refractivity contribution in [1.29, 1.82) is 0 Å². The number of nitrogens with zero attached hydrogens (tertiary/aromatic N) is 1. The molecule has 8 heteroatoms. The maximum absolute atomic E-state index is 12.7. The van der Waals surface area contributed by atoms with E-state index in [9.17, 15) is 13.2 Å². The maximum Gasteiger partial charge on any atom is 0.319 e. The van der Waals surface area contributed by atoms with Gasteiger partial charge in [-0.05, 0) is 49.2 Å². The van der Waals surface area contributed by atoms with E-state index in [2.05, 4.69) is 10.6 Å². The summed E-state index contributed by atoms with van der Waals surface area (Å²) in [5, 5.41) is 6.16. The Kier molecular flexibility index (Phi) is 5.80. The number of rotatable bonds is 4. The molecule has 1 fully saturated rings. The minimum Gasteiger partial charge on any atom is -0.335 e. The summed E-state index contributed by atoms with van der Waals surface area (Å²) in [4.78, 5) is 12.3. The molecule has 26 heavy (non-hydrogen) atoms. The van der Waals surface area contributed by atoms with Crippen LogP contribution >= 0.6 is 11.6 Å². The fourth-order valence-electron chi connectivity index (χ4n) is 2.87. The number of halogens is 1. The molecule has 0 atom stereocenters. The molecule has 1 saturated heterocycles. The van der Waals surface area contributed by atoms with Gasteiger partial charge in [-0.1, -0.05) is 29.8 Å². The van der Waals surface area contributed by atoms with E-state index in [1.807, 2.05) is 18.2 Å². The van der Waals surface area contributed by atoms with Gasteiger partial charge in [0.25, 0.3) is 0 Å². The van der Waals surface area contributed by atoms with Crippen LogP contribution in [-0.2, 0) is 10.0 Å². The highest BCUT2D eigenvalue weighted by atomic mass is 35.5. The molecule has 0 aromatic heterocycles. The summed E-state index contributed by atoms with van der Waals surface area (Å²) in [6.07, 6.45) is 1.13. The van der Waals surface area contributed by atoms with Crippen molar-refractivity contribution in [1.82, 2.24) is 9.62 Å². The van der Waals surface area contributed by atoms with Crippen LogP contribution in [0.5, 0.6) is 0 Å². The number of para-hydroxylation sites is 1. The SMILES string of the molecule is O=C(Nc1ccccc1)NC1CCN(S(=O)(=O)c2ccc(Cl)cc2)CC1. The van der Waals surface area contributed by atoms with E-state index >= 15 is 0 Å². The molecular formula is C18H20ClN3O3S. The van der Waals surface area contributed by atoms with Gasteiger partial charge in [0.1, 0.15) is 0 Å². The van der Waals surface area contributed by atoms with Crippen molar-refractivity contribution in [3.05, 3.63) is 59.6 Å². The van der Waals surface area contributed by atoms with E-state index in [-0.39, 0.29) is 17.0 Å². The van der Waals surface area contributed by atoms with Crippen LogP contribution in [0.1, 0.15) is 12.8 Å². The van der Waals surface area contributed by atoms with Crippen molar-refractivity contribution in [3.63, 3.8) is 0 Å². The van der Waals surface area contributed by atoms with Crippen LogP contribution in [0.2, 0.25) is 5.02 Å². The Balaban J connectivity index is 1.54. The minimum atomic E-state index is -3.53. The standard InChI is InChI=1S/C18H20ClN3O3S/c19-14-6-8-17(9-7-14)26(24,25)22-12-10-16(11-13-22)21-18(23)20-15-4-2-1-3-5-15/h1-9,16H,10-13H2,(H2,20,21,23). The summed E-state index contributed by atoms with van der Waals surface area (Å²) >= 11 is 5.82. The van der Waals surface area contributed by atoms with Crippen molar-refractivity contribution < 1.29 is 13.2 Å². The lowest BCUT2D eigenvalue weighted by molar-refractivity contribution is 0.238. The smallest absolute Gasteiger partial charge is 0.319 e. The quantitative estimate of drug-likeness (QED) is 0.836. The van der Waals surface area contributed by atoms with Gasteiger partial charge in [0.05, 0.1) is 4.90 Å². The first-order valence-electron chi connectivity index (χ1n) is 8.33. The number of carbonyl (C=O) groups is 1. The van der Waals surface area contributed by atoms with Gasteiger partial charge in [-0.3, -0.25) is 0 Å². The number of sulfonamides is 1. The highest BCUT2D eigenvalue weighted by Gasteiger charge is 2.29. The first-order valence-corrected chi connectivity index (χ1v) is 10.2. The van der Waals surface area contributed by atoms with Crippen LogP contribution in [0.15, 0.2) is 59.5 Å². The second-order valence-corrected chi connectivity index (χ2v) is 8.47. The van der Waals surface area contributed by atoms with Crippen molar-refractivity contribution >= 4 is 33.3 Å². The second kappa shape index (κ2) is 8.07. The topological polar surface area (TPSA) is 78.5 Å². The fraction of sp³-hybridized carbons (Fsp3) is 0.278. The van der Waals surface area contributed by atoms with Crippen molar-refractivity contribution in [3.8, 4) is 0 Å². The average molecular weight is 394 g/mol. The lowest BCUT2D eigenvalue weighted by atomic mass is 10.1.